The smallest absolute Gasteiger partial charge is 0.255 e. The summed E-state index contributed by atoms with van der Waals surface area (Å²) < 4.78 is 5.23. The van der Waals surface area contributed by atoms with E-state index in [0.29, 0.717) is 17.9 Å². The Morgan fingerprint density at radius 3 is 2.68 bits per heavy atom. The summed E-state index contributed by atoms with van der Waals surface area (Å²) >= 11 is 0. The third kappa shape index (κ3) is 2.55. The molecule has 22 heavy (non-hydrogen) atoms. The molecule has 0 atom stereocenters. The number of aryl methyl sites for hydroxylation is 1. The molecule has 0 aliphatic rings. The van der Waals surface area contributed by atoms with E-state index in [1.807, 2.05) is 37.3 Å². The maximum absolute atomic E-state index is 12.4. The molecule has 0 spiro atoms. The van der Waals surface area contributed by atoms with E-state index < -0.39 is 0 Å². The van der Waals surface area contributed by atoms with Gasteiger partial charge in [0.2, 0.25) is 0 Å². The molecule has 1 heterocycles. The van der Waals surface area contributed by atoms with E-state index in [0.717, 1.165) is 22.2 Å². The zero-order chi connectivity index (χ0) is 15.5. The van der Waals surface area contributed by atoms with E-state index in [4.69, 9.17) is 4.74 Å². The molecule has 4 heteroatoms. The van der Waals surface area contributed by atoms with Gasteiger partial charge >= 0.3 is 0 Å². The quantitative estimate of drug-likeness (QED) is 0.774. The molecule has 1 amide bonds. The predicted molar refractivity (Wildman–Crippen MR) is 87.2 cm³/mol. The van der Waals surface area contributed by atoms with E-state index in [9.17, 15) is 4.79 Å². The Bertz CT molecular complexity index is 821. The predicted octanol–water partition coefficient (Wildman–Crippen LogP) is 3.41. The largest absolute Gasteiger partial charge is 0.496 e. The van der Waals surface area contributed by atoms with Gasteiger partial charge in [0, 0.05) is 23.1 Å². The second-order valence-corrected chi connectivity index (χ2v) is 5.16. The normalized spacial score (nSPS) is 10.6. The van der Waals surface area contributed by atoms with Crippen LogP contribution in [0.15, 0.2) is 48.5 Å². The first-order valence-electron chi connectivity index (χ1n) is 7.18. The number of nitrogens with one attached hydrogen (secondary N) is 2. The molecule has 0 saturated carbocycles. The minimum absolute atomic E-state index is 0.137. The fraction of sp³-hybridized carbons (Fsp3) is 0.167. The van der Waals surface area contributed by atoms with Crippen LogP contribution in [0.1, 0.15) is 21.6 Å². The highest BCUT2D eigenvalue weighted by Crippen LogP contribution is 2.22. The fourth-order valence-electron chi connectivity index (χ4n) is 2.66. The SMILES string of the molecule is COc1ccccc1C(=O)NCc1c(C)[nH]c2ccccc12. The van der Waals surface area contributed by atoms with Crippen LogP contribution in [0.25, 0.3) is 10.9 Å². The van der Waals surface area contributed by atoms with Gasteiger partial charge in [0.05, 0.1) is 12.7 Å². The number of rotatable bonds is 4. The molecule has 0 fully saturated rings. The number of amides is 1. The summed E-state index contributed by atoms with van der Waals surface area (Å²) in [4.78, 5) is 15.7. The van der Waals surface area contributed by atoms with Gasteiger partial charge in [-0.3, -0.25) is 4.79 Å². The minimum Gasteiger partial charge on any atom is -0.496 e. The Morgan fingerprint density at radius 2 is 1.86 bits per heavy atom. The van der Waals surface area contributed by atoms with Crippen LogP contribution in [0, 0.1) is 6.92 Å². The van der Waals surface area contributed by atoms with Crippen molar-refractivity contribution in [1.29, 1.82) is 0 Å². The van der Waals surface area contributed by atoms with E-state index in [1.165, 1.54) is 0 Å². The van der Waals surface area contributed by atoms with Crippen LogP contribution in [-0.4, -0.2) is 18.0 Å². The monoisotopic (exact) mass is 294 g/mol. The lowest BCUT2D eigenvalue weighted by molar-refractivity contribution is 0.0948. The van der Waals surface area contributed by atoms with Crippen LogP contribution in [0.3, 0.4) is 0 Å². The van der Waals surface area contributed by atoms with Crippen LogP contribution >= 0.6 is 0 Å². The third-order valence-corrected chi connectivity index (χ3v) is 3.80. The number of hydrogen-bond acceptors (Lipinski definition) is 2. The van der Waals surface area contributed by atoms with Gasteiger partial charge in [-0.05, 0) is 30.7 Å². The van der Waals surface area contributed by atoms with Gasteiger partial charge in [0.25, 0.3) is 5.91 Å². The van der Waals surface area contributed by atoms with Crippen LogP contribution in [0.2, 0.25) is 0 Å². The number of fused-ring (bicyclic) bond motifs is 1. The number of hydrogen-bond donors (Lipinski definition) is 2. The molecule has 1 aromatic heterocycles. The van der Waals surface area contributed by atoms with Gasteiger partial charge in [-0.2, -0.15) is 0 Å². The number of para-hydroxylation sites is 2. The van der Waals surface area contributed by atoms with Gasteiger partial charge in [0.15, 0.2) is 0 Å². The number of aromatic nitrogens is 1. The Balaban J connectivity index is 1.82. The van der Waals surface area contributed by atoms with E-state index in [2.05, 4.69) is 16.4 Å². The van der Waals surface area contributed by atoms with Crippen LogP contribution in [0.5, 0.6) is 5.75 Å². The third-order valence-electron chi connectivity index (χ3n) is 3.80. The molecule has 2 aromatic carbocycles. The first-order chi connectivity index (χ1) is 10.7. The van der Waals surface area contributed by atoms with Crippen molar-refractivity contribution < 1.29 is 9.53 Å². The zero-order valence-electron chi connectivity index (χ0n) is 12.6. The van der Waals surface area contributed by atoms with Crippen molar-refractivity contribution >= 4 is 16.8 Å². The molecule has 0 saturated heterocycles. The highest BCUT2D eigenvalue weighted by atomic mass is 16.5. The molecule has 0 aliphatic carbocycles. The van der Waals surface area contributed by atoms with Gasteiger partial charge in [-0.1, -0.05) is 30.3 Å². The van der Waals surface area contributed by atoms with E-state index in [-0.39, 0.29) is 5.91 Å². The molecular weight excluding hydrogens is 276 g/mol. The summed E-state index contributed by atoms with van der Waals surface area (Å²) in [5.41, 5.74) is 3.81. The Kier molecular flexibility index (Phi) is 3.83. The molecular formula is C18H18N2O2. The highest BCUT2D eigenvalue weighted by Gasteiger charge is 2.13. The lowest BCUT2D eigenvalue weighted by Crippen LogP contribution is -2.23. The van der Waals surface area contributed by atoms with Gasteiger partial charge < -0.3 is 15.0 Å². The summed E-state index contributed by atoms with van der Waals surface area (Å²) in [6.07, 6.45) is 0. The minimum atomic E-state index is -0.137. The molecule has 0 radical (unpaired) electrons. The zero-order valence-corrected chi connectivity index (χ0v) is 12.6. The highest BCUT2D eigenvalue weighted by molar-refractivity contribution is 5.97. The summed E-state index contributed by atoms with van der Waals surface area (Å²) in [5.74, 6) is 0.442. The first-order valence-corrected chi connectivity index (χ1v) is 7.18. The van der Waals surface area contributed by atoms with E-state index >= 15 is 0 Å². The van der Waals surface area contributed by atoms with Crippen molar-refractivity contribution in [3.8, 4) is 5.75 Å². The van der Waals surface area contributed by atoms with Crippen LogP contribution < -0.4 is 10.1 Å². The van der Waals surface area contributed by atoms with E-state index in [1.54, 1.807) is 19.2 Å². The molecule has 2 N–H and O–H groups in total. The lowest BCUT2D eigenvalue weighted by atomic mass is 10.1. The molecule has 4 nitrogen and oxygen atoms in total. The Labute approximate surface area is 129 Å². The number of carbonyl (C=O) groups excluding carboxylic acids is 1. The average Bonchev–Trinajstić information content (AvgIpc) is 2.87. The molecule has 0 bridgehead atoms. The molecule has 112 valence electrons. The first kappa shape index (κ1) is 14.2. The number of benzene rings is 2. The number of H-pyrrole nitrogens is 1. The van der Waals surface area contributed by atoms with Gasteiger partial charge in [-0.15, -0.1) is 0 Å². The lowest BCUT2D eigenvalue weighted by Gasteiger charge is -2.09. The second kappa shape index (κ2) is 5.93. The van der Waals surface area contributed by atoms with Crippen molar-refractivity contribution in [2.75, 3.05) is 7.11 Å². The molecule has 0 aliphatic heterocycles. The number of aromatic amines is 1. The Hall–Kier alpha value is -2.75. The fourth-order valence-corrected chi connectivity index (χ4v) is 2.66. The van der Waals surface area contributed by atoms with Crippen molar-refractivity contribution in [3.63, 3.8) is 0 Å². The molecule has 0 unspecified atom stereocenters. The average molecular weight is 294 g/mol. The van der Waals surface area contributed by atoms with Gasteiger partial charge in [0.1, 0.15) is 5.75 Å². The molecule has 3 aromatic rings. The van der Waals surface area contributed by atoms with Crippen LogP contribution in [-0.2, 0) is 6.54 Å². The Morgan fingerprint density at radius 1 is 1.14 bits per heavy atom. The summed E-state index contributed by atoms with van der Waals surface area (Å²) in [7, 11) is 1.57. The maximum Gasteiger partial charge on any atom is 0.255 e. The summed E-state index contributed by atoms with van der Waals surface area (Å²) in [6.45, 7) is 2.50. The van der Waals surface area contributed by atoms with Gasteiger partial charge in [-0.25, -0.2) is 0 Å². The number of methoxy groups -OCH3 is 1. The van der Waals surface area contributed by atoms with Crippen molar-refractivity contribution in [3.05, 3.63) is 65.4 Å². The summed E-state index contributed by atoms with van der Waals surface area (Å²) in [5, 5.41) is 4.11. The summed E-state index contributed by atoms with van der Waals surface area (Å²) in [6, 6.07) is 15.3. The maximum atomic E-state index is 12.4. The number of ether oxygens (including phenoxy) is 1. The van der Waals surface area contributed by atoms with Crippen LogP contribution in [0.4, 0.5) is 0 Å². The van der Waals surface area contributed by atoms with Crippen molar-refractivity contribution in [2.45, 2.75) is 13.5 Å². The topological polar surface area (TPSA) is 54.1 Å². The van der Waals surface area contributed by atoms with Crippen molar-refractivity contribution in [1.82, 2.24) is 10.3 Å². The molecule has 3 rings (SSSR count). The van der Waals surface area contributed by atoms with Crippen molar-refractivity contribution in [2.24, 2.45) is 0 Å². The number of carbonyl (C=O) groups is 1. The second-order valence-electron chi connectivity index (χ2n) is 5.16. The standard InChI is InChI=1S/C18H18N2O2/c1-12-15(13-7-3-5-9-16(13)20-12)11-19-18(21)14-8-4-6-10-17(14)22-2/h3-10,20H,11H2,1-2H3,(H,19,21).